The second-order valence-electron chi connectivity index (χ2n) is 7.91. The van der Waals surface area contributed by atoms with Gasteiger partial charge < -0.3 is 15.0 Å². The van der Waals surface area contributed by atoms with E-state index in [1.54, 1.807) is 7.11 Å². The fourth-order valence-electron chi connectivity index (χ4n) is 4.49. The molecule has 2 aromatic carbocycles. The molecular formula is C23H30N4O2. The van der Waals surface area contributed by atoms with Gasteiger partial charge in [-0.1, -0.05) is 24.3 Å². The van der Waals surface area contributed by atoms with Crippen molar-refractivity contribution in [2.45, 2.75) is 31.3 Å². The van der Waals surface area contributed by atoms with Crippen LogP contribution in [0.5, 0.6) is 5.75 Å². The first kappa shape index (κ1) is 19.7. The summed E-state index contributed by atoms with van der Waals surface area (Å²) >= 11 is 0. The fraction of sp³-hybridized carbons (Fsp3) is 0.435. The minimum Gasteiger partial charge on any atom is -0.497 e. The van der Waals surface area contributed by atoms with Crippen LogP contribution in [0.1, 0.15) is 30.0 Å². The Hall–Kier alpha value is -2.57. The molecule has 2 aliphatic rings. The molecule has 154 valence electrons. The summed E-state index contributed by atoms with van der Waals surface area (Å²) in [4.78, 5) is 15.0. The van der Waals surface area contributed by atoms with E-state index in [4.69, 9.17) is 4.74 Å². The molecule has 1 fully saturated rings. The number of nitrogens with zero attached hydrogens (tertiary/aromatic N) is 1. The first-order valence-corrected chi connectivity index (χ1v) is 10.4. The standard InChI is InChI=1S/C23H30N4O2/c1-27(17-7-4-3-5-8-17)14-6-13-24-23(28)22-20-11-9-16-15-18(29-2)10-12-19(16)21(20)25-26-22/h3-5,7-8,10,12,15,20-22,25-26H,6,9,11,13-14H2,1-2H3,(H,24,28). The molecule has 3 unspecified atom stereocenters. The Morgan fingerprint density at radius 2 is 2.03 bits per heavy atom. The van der Waals surface area contributed by atoms with Crippen LogP contribution in [0.4, 0.5) is 5.69 Å². The van der Waals surface area contributed by atoms with Crippen LogP contribution in [-0.2, 0) is 11.2 Å². The lowest BCUT2D eigenvalue weighted by atomic mass is 9.77. The van der Waals surface area contributed by atoms with Crippen molar-refractivity contribution in [3.8, 4) is 5.75 Å². The minimum atomic E-state index is -0.192. The molecule has 1 aliphatic heterocycles. The van der Waals surface area contributed by atoms with E-state index in [9.17, 15) is 4.79 Å². The molecule has 1 aliphatic carbocycles. The highest BCUT2D eigenvalue weighted by Gasteiger charge is 2.43. The van der Waals surface area contributed by atoms with Gasteiger partial charge in [0.2, 0.25) is 5.91 Å². The first-order valence-electron chi connectivity index (χ1n) is 10.4. The quantitative estimate of drug-likeness (QED) is 0.630. The molecule has 1 amide bonds. The maximum Gasteiger partial charge on any atom is 0.238 e. The molecule has 29 heavy (non-hydrogen) atoms. The third kappa shape index (κ3) is 4.23. The van der Waals surface area contributed by atoms with Crippen LogP contribution >= 0.6 is 0 Å². The van der Waals surface area contributed by atoms with Gasteiger partial charge in [0.15, 0.2) is 0 Å². The monoisotopic (exact) mass is 394 g/mol. The Morgan fingerprint density at radius 3 is 2.83 bits per heavy atom. The highest BCUT2D eigenvalue weighted by atomic mass is 16.5. The minimum absolute atomic E-state index is 0.0873. The molecule has 1 saturated heterocycles. The van der Waals surface area contributed by atoms with Crippen LogP contribution in [0.2, 0.25) is 0 Å². The fourth-order valence-corrected chi connectivity index (χ4v) is 4.49. The second-order valence-corrected chi connectivity index (χ2v) is 7.91. The number of hydrogen-bond acceptors (Lipinski definition) is 5. The topological polar surface area (TPSA) is 65.6 Å². The normalized spacial score (nSPS) is 22.5. The number of aryl methyl sites for hydroxylation is 1. The molecular weight excluding hydrogens is 364 g/mol. The van der Waals surface area contributed by atoms with Gasteiger partial charge in [0.25, 0.3) is 0 Å². The van der Waals surface area contributed by atoms with Crippen LogP contribution in [0.25, 0.3) is 0 Å². The number of anilines is 1. The number of amides is 1. The van der Waals surface area contributed by atoms with E-state index >= 15 is 0 Å². The third-order valence-electron chi connectivity index (χ3n) is 6.13. The summed E-state index contributed by atoms with van der Waals surface area (Å²) < 4.78 is 5.35. The van der Waals surface area contributed by atoms with Gasteiger partial charge in [0, 0.05) is 31.7 Å². The Labute approximate surface area is 172 Å². The summed E-state index contributed by atoms with van der Waals surface area (Å²) in [6, 6.07) is 16.5. The van der Waals surface area contributed by atoms with Crippen molar-refractivity contribution < 1.29 is 9.53 Å². The highest BCUT2D eigenvalue weighted by Crippen LogP contribution is 2.40. The molecule has 4 rings (SSSR count). The zero-order valence-corrected chi connectivity index (χ0v) is 17.2. The number of carbonyl (C=O) groups excluding carboxylic acids is 1. The predicted octanol–water partition coefficient (Wildman–Crippen LogP) is 2.42. The van der Waals surface area contributed by atoms with Crippen molar-refractivity contribution in [3.05, 3.63) is 59.7 Å². The molecule has 0 radical (unpaired) electrons. The number of carbonyl (C=O) groups is 1. The lowest BCUT2D eigenvalue weighted by Gasteiger charge is -2.29. The second kappa shape index (κ2) is 8.84. The van der Waals surface area contributed by atoms with Gasteiger partial charge in [-0.05, 0) is 54.7 Å². The molecule has 0 spiro atoms. The lowest BCUT2D eigenvalue weighted by Crippen LogP contribution is -2.46. The summed E-state index contributed by atoms with van der Waals surface area (Å²) in [5.41, 5.74) is 10.4. The molecule has 1 heterocycles. The number of para-hydroxylation sites is 1. The van der Waals surface area contributed by atoms with Gasteiger partial charge in [0.05, 0.1) is 13.2 Å². The van der Waals surface area contributed by atoms with Crippen LogP contribution in [0, 0.1) is 5.92 Å². The molecule has 0 bridgehead atoms. The van der Waals surface area contributed by atoms with E-state index in [0.717, 1.165) is 31.6 Å². The van der Waals surface area contributed by atoms with E-state index in [0.29, 0.717) is 6.54 Å². The van der Waals surface area contributed by atoms with Gasteiger partial charge in [-0.3, -0.25) is 4.79 Å². The average molecular weight is 395 g/mol. The SMILES string of the molecule is COc1ccc2c(c1)CCC1C(C(=O)NCCCN(C)c3ccccc3)NNC21. The smallest absolute Gasteiger partial charge is 0.238 e. The number of methoxy groups -OCH3 is 1. The van der Waals surface area contributed by atoms with E-state index in [2.05, 4.69) is 52.4 Å². The number of rotatable bonds is 7. The van der Waals surface area contributed by atoms with Gasteiger partial charge in [-0.25, -0.2) is 10.9 Å². The zero-order valence-electron chi connectivity index (χ0n) is 17.2. The molecule has 6 nitrogen and oxygen atoms in total. The van der Waals surface area contributed by atoms with E-state index in [1.165, 1.54) is 16.8 Å². The predicted molar refractivity (Wildman–Crippen MR) is 115 cm³/mol. The molecule has 6 heteroatoms. The Balaban J connectivity index is 1.28. The van der Waals surface area contributed by atoms with Gasteiger partial charge in [-0.2, -0.15) is 0 Å². The maximum atomic E-state index is 12.8. The molecule has 2 aromatic rings. The van der Waals surface area contributed by atoms with E-state index < -0.39 is 0 Å². The van der Waals surface area contributed by atoms with Crippen LogP contribution < -0.4 is 25.8 Å². The van der Waals surface area contributed by atoms with Crippen LogP contribution in [-0.4, -0.2) is 39.2 Å². The molecule has 3 atom stereocenters. The molecule has 0 saturated carbocycles. The Bertz CT molecular complexity index is 842. The number of fused-ring (bicyclic) bond motifs is 3. The number of nitrogens with one attached hydrogen (secondary N) is 3. The maximum absolute atomic E-state index is 12.8. The number of hydrazine groups is 1. The molecule has 0 aromatic heterocycles. The van der Waals surface area contributed by atoms with E-state index in [1.807, 2.05) is 24.3 Å². The van der Waals surface area contributed by atoms with Gasteiger partial charge >= 0.3 is 0 Å². The van der Waals surface area contributed by atoms with Gasteiger partial charge in [0.1, 0.15) is 11.8 Å². The summed E-state index contributed by atoms with van der Waals surface area (Å²) in [5, 5.41) is 3.12. The molecule has 3 N–H and O–H groups in total. The Morgan fingerprint density at radius 1 is 1.21 bits per heavy atom. The summed E-state index contributed by atoms with van der Waals surface area (Å²) in [7, 11) is 3.78. The van der Waals surface area contributed by atoms with Crippen molar-refractivity contribution in [2.75, 3.05) is 32.1 Å². The Kier molecular flexibility index (Phi) is 6.02. The summed E-state index contributed by atoms with van der Waals surface area (Å²) in [6.45, 7) is 1.58. The number of benzene rings is 2. The largest absolute Gasteiger partial charge is 0.497 e. The van der Waals surface area contributed by atoms with Crippen molar-refractivity contribution in [1.82, 2.24) is 16.2 Å². The van der Waals surface area contributed by atoms with E-state index in [-0.39, 0.29) is 23.9 Å². The van der Waals surface area contributed by atoms with Crippen molar-refractivity contribution >= 4 is 11.6 Å². The van der Waals surface area contributed by atoms with Crippen molar-refractivity contribution in [2.24, 2.45) is 5.92 Å². The lowest BCUT2D eigenvalue weighted by molar-refractivity contribution is -0.123. The third-order valence-corrected chi connectivity index (χ3v) is 6.13. The average Bonchev–Trinajstić information content (AvgIpc) is 3.21. The summed E-state index contributed by atoms with van der Waals surface area (Å²) in [5.74, 6) is 1.25. The van der Waals surface area contributed by atoms with Gasteiger partial charge in [-0.15, -0.1) is 0 Å². The van der Waals surface area contributed by atoms with Crippen LogP contribution in [0.3, 0.4) is 0 Å². The van der Waals surface area contributed by atoms with Crippen molar-refractivity contribution in [1.29, 1.82) is 0 Å². The summed E-state index contributed by atoms with van der Waals surface area (Å²) in [6.07, 6.45) is 2.87. The number of hydrogen-bond donors (Lipinski definition) is 3. The highest BCUT2D eigenvalue weighted by molar-refractivity contribution is 5.82. The van der Waals surface area contributed by atoms with Crippen LogP contribution in [0.15, 0.2) is 48.5 Å². The zero-order chi connectivity index (χ0) is 20.2. The first-order chi connectivity index (χ1) is 14.2. The number of ether oxygens (including phenoxy) is 1. The van der Waals surface area contributed by atoms with Crippen molar-refractivity contribution in [3.63, 3.8) is 0 Å².